The van der Waals surface area contributed by atoms with Crippen LogP contribution in [0.4, 0.5) is 16.2 Å². The Morgan fingerprint density at radius 2 is 1.86 bits per heavy atom. The van der Waals surface area contributed by atoms with Gasteiger partial charge in [0.25, 0.3) is 10.1 Å². The Morgan fingerprint density at radius 3 is 2.46 bits per heavy atom. The van der Waals surface area contributed by atoms with Gasteiger partial charge in [-0.2, -0.15) is 18.7 Å². The minimum Gasteiger partial charge on any atom is -0.369 e. The Morgan fingerprint density at radius 1 is 1.20 bits per heavy atom. The minimum atomic E-state index is -3.66. The van der Waals surface area contributed by atoms with Gasteiger partial charge in [-0.05, 0) is 56.7 Å². The fraction of sp³-hybridized carbons (Fsp3) is 0.273. The molecule has 0 radical (unpaired) electrons. The third kappa shape index (κ3) is 8.29. The lowest BCUT2D eigenvalue weighted by molar-refractivity contribution is 0.251. The summed E-state index contributed by atoms with van der Waals surface area (Å²) >= 11 is 0. The van der Waals surface area contributed by atoms with Crippen molar-refractivity contribution in [1.82, 2.24) is 5.32 Å². The first-order valence-electron chi connectivity index (χ1n) is 10.4. The summed E-state index contributed by atoms with van der Waals surface area (Å²) in [4.78, 5) is 22.3. The van der Waals surface area contributed by atoms with Crippen molar-refractivity contribution in [1.29, 1.82) is 5.26 Å². The highest BCUT2D eigenvalue weighted by Crippen LogP contribution is 2.28. The summed E-state index contributed by atoms with van der Waals surface area (Å²) < 4.78 is 26.9. The lowest BCUT2D eigenvalue weighted by Gasteiger charge is -2.38. The molecule has 7 N–H and O–H groups in total. The molecule has 0 atom stereocenters. The highest BCUT2D eigenvalue weighted by molar-refractivity contribution is 7.85. The van der Waals surface area contributed by atoms with E-state index in [1.165, 1.54) is 6.92 Å². The minimum absolute atomic E-state index is 0.138. The first kappa shape index (κ1) is 27.1. The highest BCUT2D eigenvalue weighted by Gasteiger charge is 2.32. The van der Waals surface area contributed by atoms with Crippen molar-refractivity contribution in [2.75, 3.05) is 16.0 Å². The molecule has 2 amide bonds. The summed E-state index contributed by atoms with van der Waals surface area (Å²) in [5.41, 5.74) is 13.8. The Kier molecular flexibility index (Phi) is 8.76. The maximum atomic E-state index is 12.2. The zero-order valence-corrected chi connectivity index (χ0v) is 20.4. The lowest BCUT2D eigenvalue weighted by atomic mass is 10.1. The maximum absolute atomic E-state index is 12.2. The SMILES string of the molecule is CC1(C)N=C(N)N=C(N)N1c1cccc(CNC(=O)Nc2cccc(C#N)c2)c1.CCS(=O)(=O)O. The van der Waals surface area contributed by atoms with Crippen LogP contribution in [-0.2, 0) is 16.7 Å². The van der Waals surface area contributed by atoms with Crippen molar-refractivity contribution in [2.24, 2.45) is 21.5 Å². The van der Waals surface area contributed by atoms with E-state index in [1.54, 1.807) is 29.2 Å². The summed E-state index contributed by atoms with van der Waals surface area (Å²) in [6, 6.07) is 15.9. The maximum Gasteiger partial charge on any atom is 0.319 e. The molecule has 0 saturated heterocycles. The van der Waals surface area contributed by atoms with Crippen molar-refractivity contribution in [2.45, 2.75) is 33.0 Å². The lowest BCUT2D eigenvalue weighted by Crippen LogP contribution is -2.54. The number of guanidine groups is 2. The van der Waals surface area contributed by atoms with Crippen LogP contribution in [0, 0.1) is 11.3 Å². The molecule has 0 spiro atoms. The third-order valence-electron chi connectivity index (χ3n) is 4.63. The van der Waals surface area contributed by atoms with E-state index in [0.717, 1.165) is 11.3 Å². The first-order chi connectivity index (χ1) is 16.3. The van der Waals surface area contributed by atoms with Gasteiger partial charge in [0.2, 0.25) is 11.9 Å². The normalized spacial score (nSPS) is 14.4. The molecule has 12 nitrogen and oxygen atoms in total. The number of urea groups is 1. The third-order valence-corrected chi connectivity index (χ3v) is 5.36. The number of nitrogens with zero attached hydrogens (tertiary/aromatic N) is 4. The van der Waals surface area contributed by atoms with E-state index in [9.17, 15) is 13.2 Å². The second kappa shape index (κ2) is 11.3. The van der Waals surface area contributed by atoms with Crippen molar-refractivity contribution < 1.29 is 17.8 Å². The van der Waals surface area contributed by atoms with E-state index in [2.05, 4.69) is 20.6 Å². The fourth-order valence-corrected chi connectivity index (χ4v) is 3.08. The van der Waals surface area contributed by atoms with Gasteiger partial charge in [-0.3, -0.25) is 9.45 Å². The molecule has 0 fully saturated rings. The van der Waals surface area contributed by atoms with Gasteiger partial charge in [-0.1, -0.05) is 18.2 Å². The van der Waals surface area contributed by atoms with E-state index < -0.39 is 15.8 Å². The number of nitrogens with two attached hydrogens (primary N) is 2. The number of anilines is 2. The van der Waals surface area contributed by atoms with Crippen LogP contribution < -0.4 is 27.0 Å². The number of nitrogens with one attached hydrogen (secondary N) is 2. The monoisotopic (exact) mass is 500 g/mol. The van der Waals surface area contributed by atoms with Crippen LogP contribution in [0.2, 0.25) is 0 Å². The van der Waals surface area contributed by atoms with E-state index in [0.29, 0.717) is 17.8 Å². The molecule has 13 heteroatoms. The molecule has 3 rings (SSSR count). The van der Waals surface area contributed by atoms with Gasteiger partial charge in [-0.25, -0.2) is 9.79 Å². The highest BCUT2D eigenvalue weighted by atomic mass is 32.2. The Bertz CT molecular complexity index is 1280. The van der Waals surface area contributed by atoms with Gasteiger partial charge in [0, 0.05) is 17.9 Å². The molecule has 186 valence electrons. The van der Waals surface area contributed by atoms with Crippen LogP contribution in [0.3, 0.4) is 0 Å². The van der Waals surface area contributed by atoms with Gasteiger partial charge in [0.1, 0.15) is 5.66 Å². The average molecular weight is 501 g/mol. The molecule has 0 aromatic heterocycles. The van der Waals surface area contributed by atoms with Crippen molar-refractivity contribution in [3.8, 4) is 6.07 Å². The molecule has 1 heterocycles. The van der Waals surface area contributed by atoms with Crippen molar-refractivity contribution in [3.63, 3.8) is 0 Å². The zero-order valence-electron chi connectivity index (χ0n) is 19.6. The number of hydrogen-bond acceptors (Lipinski definition) is 9. The predicted molar refractivity (Wildman–Crippen MR) is 135 cm³/mol. The summed E-state index contributed by atoms with van der Waals surface area (Å²) in [5.74, 6) is 0.189. The standard InChI is InChI=1S/C20H22N8O.C2H6O3S/c1-20(2)27-17(22)26-18(23)28(20)16-8-4-6-14(10-16)12-24-19(29)25-15-7-3-5-13(9-15)11-21;1-2-6(3,4)5/h3-10H,12H2,1-2H3,(H2,24,25,29)(H4,22,23,26,27);2H2,1H3,(H,3,4,5). The molecule has 0 saturated carbocycles. The number of amides is 2. The Hall–Kier alpha value is -4.15. The molecular weight excluding hydrogens is 472 g/mol. The van der Waals surface area contributed by atoms with E-state index in [1.807, 2.05) is 44.2 Å². The number of aliphatic imine (C=N–C) groups is 2. The number of carbonyl (C=O) groups excluding carboxylic acids is 1. The number of rotatable bonds is 5. The second-order valence-electron chi connectivity index (χ2n) is 7.81. The molecule has 2 aromatic carbocycles. The van der Waals surface area contributed by atoms with Crippen LogP contribution in [0.5, 0.6) is 0 Å². The quantitative estimate of drug-likeness (QED) is 0.383. The molecular formula is C22H28N8O4S. The molecule has 0 aliphatic carbocycles. The first-order valence-corrected chi connectivity index (χ1v) is 12.0. The van der Waals surface area contributed by atoms with Crippen LogP contribution in [0.25, 0.3) is 0 Å². The van der Waals surface area contributed by atoms with E-state index in [4.69, 9.17) is 21.3 Å². The van der Waals surface area contributed by atoms with Gasteiger partial charge in [-0.15, -0.1) is 0 Å². The molecule has 2 aromatic rings. The van der Waals surface area contributed by atoms with Crippen molar-refractivity contribution in [3.05, 3.63) is 59.7 Å². The van der Waals surface area contributed by atoms with Crippen LogP contribution in [0.15, 0.2) is 58.5 Å². The van der Waals surface area contributed by atoms with Gasteiger partial charge >= 0.3 is 6.03 Å². The number of nitriles is 1. The van der Waals surface area contributed by atoms with Gasteiger partial charge < -0.3 is 22.1 Å². The van der Waals surface area contributed by atoms with Crippen LogP contribution >= 0.6 is 0 Å². The Balaban J connectivity index is 0.000000641. The predicted octanol–water partition coefficient (Wildman–Crippen LogP) is 1.96. The van der Waals surface area contributed by atoms with Gasteiger partial charge in [0.15, 0.2) is 0 Å². The van der Waals surface area contributed by atoms with E-state index in [-0.39, 0.29) is 23.7 Å². The molecule has 0 unspecified atom stereocenters. The summed E-state index contributed by atoms with van der Waals surface area (Å²) in [7, 11) is -3.66. The number of benzene rings is 2. The largest absolute Gasteiger partial charge is 0.369 e. The summed E-state index contributed by atoms with van der Waals surface area (Å²) in [6.45, 7) is 5.44. The second-order valence-corrected chi connectivity index (χ2v) is 9.55. The smallest absolute Gasteiger partial charge is 0.319 e. The summed E-state index contributed by atoms with van der Waals surface area (Å²) in [6.07, 6.45) is 0. The van der Waals surface area contributed by atoms with Crippen molar-refractivity contribution >= 4 is 39.4 Å². The Labute approximate surface area is 204 Å². The number of carbonyl (C=O) groups is 1. The fourth-order valence-electron chi connectivity index (χ4n) is 3.08. The van der Waals surface area contributed by atoms with Gasteiger partial charge in [0.05, 0.1) is 17.4 Å². The topological polar surface area (TPSA) is 199 Å². The molecule has 1 aliphatic heterocycles. The van der Waals surface area contributed by atoms with E-state index >= 15 is 0 Å². The molecule has 0 bridgehead atoms. The van der Waals surface area contributed by atoms with Crippen LogP contribution in [-0.4, -0.2) is 42.3 Å². The van der Waals surface area contributed by atoms with Crippen LogP contribution in [0.1, 0.15) is 31.9 Å². The molecule has 1 aliphatic rings. The summed E-state index contributed by atoms with van der Waals surface area (Å²) in [5, 5.41) is 14.4. The number of hydrogen-bond donors (Lipinski definition) is 5. The zero-order chi connectivity index (χ0) is 26.2. The average Bonchev–Trinajstić information content (AvgIpc) is 2.77. The molecule has 35 heavy (non-hydrogen) atoms.